The maximum Gasteiger partial charge on any atom is -0.0417 e. The number of hydrogen-bond acceptors (Lipinski definition) is 0. The van der Waals surface area contributed by atoms with Gasteiger partial charge in [0, 0.05) is 0 Å². The third-order valence-electron chi connectivity index (χ3n) is 3.02. The van der Waals surface area contributed by atoms with Crippen LogP contribution in [0.25, 0.3) is 0 Å². The first-order valence-corrected chi connectivity index (χ1v) is 4.95. The van der Waals surface area contributed by atoms with Gasteiger partial charge in [-0.25, -0.2) is 0 Å². The van der Waals surface area contributed by atoms with Crippen LogP contribution in [-0.2, 0) is 0 Å². The fraction of sp³-hybridized carbons (Fsp3) is 1.00. The quantitative estimate of drug-likeness (QED) is 0.578. The van der Waals surface area contributed by atoms with Gasteiger partial charge in [-0.1, -0.05) is 41.5 Å². The van der Waals surface area contributed by atoms with Crippen molar-refractivity contribution in [2.24, 2.45) is 23.7 Å². The van der Waals surface area contributed by atoms with Crippen LogP contribution >= 0.6 is 0 Å². The molecule has 0 aromatic rings. The zero-order valence-corrected chi connectivity index (χ0v) is 9.02. The maximum absolute atomic E-state index is 2.36. The smallest absolute Gasteiger partial charge is 0.0417 e. The summed E-state index contributed by atoms with van der Waals surface area (Å²) in [5, 5.41) is 0. The van der Waals surface area contributed by atoms with Gasteiger partial charge in [-0.3, -0.25) is 0 Å². The van der Waals surface area contributed by atoms with Crippen LogP contribution in [0.2, 0.25) is 0 Å². The van der Waals surface area contributed by atoms with E-state index in [2.05, 4.69) is 41.5 Å². The Bertz CT molecular complexity index is 80.2. The number of hydrogen-bond donors (Lipinski definition) is 0. The van der Waals surface area contributed by atoms with E-state index in [1.165, 1.54) is 6.42 Å². The summed E-state index contributed by atoms with van der Waals surface area (Å²) >= 11 is 0. The van der Waals surface area contributed by atoms with Crippen molar-refractivity contribution in [2.75, 3.05) is 0 Å². The van der Waals surface area contributed by atoms with Gasteiger partial charge in [0.05, 0.1) is 0 Å². The molecule has 0 saturated carbocycles. The van der Waals surface area contributed by atoms with Crippen molar-refractivity contribution in [1.82, 2.24) is 0 Å². The standard InChI is InChI=1S/C11H24/c1-8(2)10(5)7-11(6)9(3)4/h8-11H,7H2,1-6H3/t10-,11-/m0/s1. The Hall–Kier alpha value is 0. The molecule has 2 atom stereocenters. The van der Waals surface area contributed by atoms with Crippen molar-refractivity contribution < 1.29 is 0 Å². The van der Waals surface area contributed by atoms with Crippen molar-refractivity contribution in [3.8, 4) is 0 Å². The Morgan fingerprint density at radius 2 is 0.909 bits per heavy atom. The van der Waals surface area contributed by atoms with Crippen molar-refractivity contribution in [2.45, 2.75) is 48.0 Å². The first-order valence-electron chi connectivity index (χ1n) is 4.95. The molecule has 0 bridgehead atoms. The minimum Gasteiger partial charge on any atom is -0.0625 e. The Morgan fingerprint density at radius 3 is 1.09 bits per heavy atom. The monoisotopic (exact) mass is 156 g/mol. The highest BCUT2D eigenvalue weighted by atomic mass is 14.2. The van der Waals surface area contributed by atoms with Crippen molar-refractivity contribution in [1.29, 1.82) is 0 Å². The average molecular weight is 156 g/mol. The summed E-state index contributed by atoms with van der Waals surface area (Å²) < 4.78 is 0. The molecule has 11 heavy (non-hydrogen) atoms. The lowest BCUT2D eigenvalue weighted by Crippen LogP contribution is -2.12. The van der Waals surface area contributed by atoms with E-state index in [9.17, 15) is 0 Å². The SMILES string of the molecule is CC(C)[C@@H](C)C[C@H](C)C(C)C. The second kappa shape index (κ2) is 4.79. The molecule has 0 aliphatic heterocycles. The molecule has 0 nitrogen and oxygen atoms in total. The molecule has 0 aromatic heterocycles. The summed E-state index contributed by atoms with van der Waals surface area (Å²) in [6.07, 6.45) is 1.38. The lowest BCUT2D eigenvalue weighted by molar-refractivity contribution is 0.283. The molecule has 0 aliphatic rings. The topological polar surface area (TPSA) is 0 Å². The second-order valence-corrected chi connectivity index (χ2v) is 4.68. The van der Waals surface area contributed by atoms with Crippen LogP contribution in [0.1, 0.15) is 48.0 Å². The zero-order chi connectivity index (χ0) is 9.02. The van der Waals surface area contributed by atoms with E-state index in [0.29, 0.717) is 0 Å². The van der Waals surface area contributed by atoms with Crippen molar-refractivity contribution in [3.63, 3.8) is 0 Å². The van der Waals surface area contributed by atoms with Crippen LogP contribution in [0, 0.1) is 23.7 Å². The minimum absolute atomic E-state index is 0.844. The normalized spacial score (nSPS) is 17.5. The van der Waals surface area contributed by atoms with E-state index < -0.39 is 0 Å². The summed E-state index contributed by atoms with van der Waals surface area (Å²) in [6.45, 7) is 14.0. The third-order valence-corrected chi connectivity index (χ3v) is 3.02. The lowest BCUT2D eigenvalue weighted by Gasteiger charge is -2.22. The van der Waals surface area contributed by atoms with Crippen LogP contribution in [0.5, 0.6) is 0 Å². The van der Waals surface area contributed by atoms with Crippen molar-refractivity contribution in [3.05, 3.63) is 0 Å². The van der Waals surface area contributed by atoms with Crippen LogP contribution < -0.4 is 0 Å². The fourth-order valence-electron chi connectivity index (χ4n) is 1.13. The molecular weight excluding hydrogens is 132 g/mol. The molecular formula is C11H24. The molecule has 0 saturated heterocycles. The van der Waals surface area contributed by atoms with E-state index >= 15 is 0 Å². The molecule has 0 fully saturated rings. The molecule has 0 radical (unpaired) electrons. The van der Waals surface area contributed by atoms with Crippen LogP contribution in [0.15, 0.2) is 0 Å². The Kier molecular flexibility index (Phi) is 4.79. The highest BCUT2D eigenvalue weighted by molar-refractivity contribution is 4.64. The van der Waals surface area contributed by atoms with Gasteiger partial charge in [0.1, 0.15) is 0 Å². The van der Waals surface area contributed by atoms with E-state index in [1.807, 2.05) is 0 Å². The largest absolute Gasteiger partial charge is 0.0625 e. The Morgan fingerprint density at radius 1 is 0.636 bits per heavy atom. The molecule has 0 spiro atoms. The summed E-state index contributed by atoms with van der Waals surface area (Å²) in [6, 6.07) is 0. The van der Waals surface area contributed by atoms with Gasteiger partial charge >= 0.3 is 0 Å². The predicted molar refractivity (Wildman–Crippen MR) is 52.6 cm³/mol. The van der Waals surface area contributed by atoms with Crippen LogP contribution in [-0.4, -0.2) is 0 Å². The summed E-state index contributed by atoms with van der Waals surface area (Å²) in [7, 11) is 0. The lowest BCUT2D eigenvalue weighted by atomic mass is 9.84. The van der Waals surface area contributed by atoms with Gasteiger partial charge < -0.3 is 0 Å². The molecule has 0 heterocycles. The van der Waals surface area contributed by atoms with Gasteiger partial charge in [-0.15, -0.1) is 0 Å². The molecule has 0 rings (SSSR count). The first kappa shape index (κ1) is 11.0. The van der Waals surface area contributed by atoms with Gasteiger partial charge in [-0.2, -0.15) is 0 Å². The second-order valence-electron chi connectivity index (χ2n) is 4.68. The van der Waals surface area contributed by atoms with Crippen molar-refractivity contribution >= 4 is 0 Å². The summed E-state index contributed by atoms with van der Waals surface area (Å²) in [5.41, 5.74) is 0. The first-order chi connectivity index (χ1) is 4.95. The minimum atomic E-state index is 0.844. The average Bonchev–Trinajstić information content (AvgIpc) is 1.87. The predicted octanol–water partition coefficient (Wildman–Crippen LogP) is 3.96. The molecule has 0 aromatic carbocycles. The molecule has 0 unspecified atom stereocenters. The highest BCUT2D eigenvalue weighted by Gasteiger charge is 2.13. The summed E-state index contributed by atoms with van der Waals surface area (Å²) in [5.74, 6) is 3.45. The van der Waals surface area contributed by atoms with E-state index in [0.717, 1.165) is 23.7 Å². The molecule has 0 aliphatic carbocycles. The third kappa shape index (κ3) is 4.44. The van der Waals surface area contributed by atoms with E-state index in [-0.39, 0.29) is 0 Å². The Labute approximate surface area is 72.4 Å². The maximum atomic E-state index is 2.36. The Balaban J connectivity index is 3.66. The van der Waals surface area contributed by atoms with Gasteiger partial charge in [0.2, 0.25) is 0 Å². The van der Waals surface area contributed by atoms with E-state index in [1.54, 1.807) is 0 Å². The molecule has 0 heteroatoms. The van der Waals surface area contributed by atoms with Gasteiger partial charge in [0.25, 0.3) is 0 Å². The highest BCUT2D eigenvalue weighted by Crippen LogP contribution is 2.23. The van der Waals surface area contributed by atoms with Gasteiger partial charge in [-0.05, 0) is 30.1 Å². The number of rotatable bonds is 4. The molecule has 0 amide bonds. The van der Waals surface area contributed by atoms with E-state index in [4.69, 9.17) is 0 Å². The van der Waals surface area contributed by atoms with Crippen LogP contribution in [0.4, 0.5) is 0 Å². The van der Waals surface area contributed by atoms with Gasteiger partial charge in [0.15, 0.2) is 0 Å². The van der Waals surface area contributed by atoms with Crippen LogP contribution in [0.3, 0.4) is 0 Å². The molecule has 0 N–H and O–H groups in total. The molecule has 68 valence electrons. The fourth-order valence-corrected chi connectivity index (χ4v) is 1.13. The summed E-state index contributed by atoms with van der Waals surface area (Å²) in [4.78, 5) is 0. The zero-order valence-electron chi connectivity index (χ0n) is 9.02.